The van der Waals surface area contributed by atoms with Gasteiger partial charge in [-0.25, -0.2) is 4.39 Å². The van der Waals surface area contributed by atoms with Gasteiger partial charge in [-0.15, -0.1) is 0 Å². The van der Waals surface area contributed by atoms with E-state index in [-0.39, 0.29) is 18.0 Å². The van der Waals surface area contributed by atoms with Gasteiger partial charge in [0, 0.05) is 17.7 Å². The van der Waals surface area contributed by atoms with Crippen LogP contribution >= 0.6 is 11.6 Å². The monoisotopic (exact) mass is 258 g/mol. The van der Waals surface area contributed by atoms with Crippen molar-refractivity contribution in [2.24, 2.45) is 5.84 Å². The lowest BCUT2D eigenvalue weighted by molar-refractivity contribution is 0.0945. The van der Waals surface area contributed by atoms with Crippen LogP contribution in [-0.4, -0.2) is 12.7 Å². The molecule has 94 valence electrons. The average Bonchev–Trinajstić information content (AvgIpc) is 2.82. The molecule has 0 bridgehead atoms. The van der Waals surface area contributed by atoms with E-state index in [1.54, 1.807) is 6.07 Å². The molecule has 0 saturated carbocycles. The maximum atomic E-state index is 13.2. The van der Waals surface area contributed by atoms with Crippen LogP contribution < -0.4 is 11.3 Å². The van der Waals surface area contributed by atoms with Crippen molar-refractivity contribution in [1.82, 2.24) is 5.43 Å². The van der Waals surface area contributed by atoms with E-state index in [1.807, 2.05) is 0 Å². The van der Waals surface area contributed by atoms with Gasteiger partial charge in [0.25, 0.3) is 0 Å². The highest BCUT2D eigenvalue weighted by Crippen LogP contribution is 2.29. The van der Waals surface area contributed by atoms with Gasteiger partial charge < -0.3 is 4.74 Å². The van der Waals surface area contributed by atoms with Gasteiger partial charge >= 0.3 is 0 Å². The van der Waals surface area contributed by atoms with Gasteiger partial charge in [0.1, 0.15) is 5.82 Å². The lowest BCUT2D eigenvalue weighted by Gasteiger charge is -2.21. The van der Waals surface area contributed by atoms with Crippen molar-refractivity contribution < 1.29 is 9.13 Å². The summed E-state index contributed by atoms with van der Waals surface area (Å²) in [7, 11) is 0. The zero-order valence-electron chi connectivity index (χ0n) is 9.46. The Kier molecular flexibility index (Phi) is 4.34. The SMILES string of the molecule is NNC(CC1CCCO1)c1cc(F)ccc1Cl. The van der Waals surface area contributed by atoms with Crippen LogP contribution in [0.3, 0.4) is 0 Å². The van der Waals surface area contributed by atoms with E-state index in [1.165, 1.54) is 12.1 Å². The van der Waals surface area contributed by atoms with Gasteiger partial charge in [0.2, 0.25) is 0 Å². The molecule has 17 heavy (non-hydrogen) atoms. The molecular formula is C12H16ClFN2O. The first kappa shape index (κ1) is 12.8. The average molecular weight is 259 g/mol. The summed E-state index contributed by atoms with van der Waals surface area (Å²) in [6.45, 7) is 0.791. The van der Waals surface area contributed by atoms with Gasteiger partial charge in [-0.05, 0) is 43.0 Å². The lowest BCUT2D eigenvalue weighted by Crippen LogP contribution is -2.31. The minimum absolute atomic E-state index is 0.176. The normalized spacial score (nSPS) is 21.7. The third kappa shape index (κ3) is 3.16. The van der Waals surface area contributed by atoms with E-state index in [9.17, 15) is 4.39 Å². The molecule has 1 aromatic rings. The van der Waals surface area contributed by atoms with Crippen LogP contribution in [-0.2, 0) is 4.74 Å². The Bertz CT molecular complexity index is 383. The summed E-state index contributed by atoms with van der Waals surface area (Å²) < 4.78 is 18.7. The highest BCUT2D eigenvalue weighted by molar-refractivity contribution is 6.31. The van der Waals surface area contributed by atoms with E-state index in [0.29, 0.717) is 17.0 Å². The van der Waals surface area contributed by atoms with E-state index in [0.717, 1.165) is 19.4 Å². The molecular weight excluding hydrogens is 243 g/mol. The molecule has 3 N–H and O–H groups in total. The Hall–Kier alpha value is -0.680. The summed E-state index contributed by atoms with van der Waals surface area (Å²) >= 11 is 6.05. The Morgan fingerprint density at radius 3 is 3.06 bits per heavy atom. The van der Waals surface area contributed by atoms with Gasteiger partial charge in [0.05, 0.1) is 6.10 Å². The number of nitrogens with one attached hydrogen (secondary N) is 1. The fourth-order valence-electron chi connectivity index (χ4n) is 2.16. The smallest absolute Gasteiger partial charge is 0.123 e. The van der Waals surface area contributed by atoms with Crippen LogP contribution in [0.25, 0.3) is 0 Å². The fourth-order valence-corrected chi connectivity index (χ4v) is 2.41. The second-order valence-electron chi connectivity index (χ2n) is 4.26. The first-order valence-corrected chi connectivity index (χ1v) is 6.11. The van der Waals surface area contributed by atoms with Crippen molar-refractivity contribution in [2.45, 2.75) is 31.4 Å². The Morgan fingerprint density at radius 2 is 2.41 bits per heavy atom. The van der Waals surface area contributed by atoms with Crippen molar-refractivity contribution in [3.05, 3.63) is 34.6 Å². The van der Waals surface area contributed by atoms with Gasteiger partial charge in [-0.1, -0.05) is 11.6 Å². The largest absolute Gasteiger partial charge is 0.378 e. The van der Waals surface area contributed by atoms with E-state index < -0.39 is 0 Å². The minimum Gasteiger partial charge on any atom is -0.378 e. The second kappa shape index (κ2) is 5.78. The summed E-state index contributed by atoms with van der Waals surface area (Å²) in [6, 6.07) is 4.13. The number of ether oxygens (including phenoxy) is 1. The minimum atomic E-state index is -0.308. The van der Waals surface area contributed by atoms with Crippen molar-refractivity contribution in [2.75, 3.05) is 6.61 Å². The first-order valence-electron chi connectivity index (χ1n) is 5.73. The Morgan fingerprint density at radius 1 is 1.59 bits per heavy atom. The number of hydrogen-bond donors (Lipinski definition) is 2. The molecule has 0 radical (unpaired) electrons. The summed E-state index contributed by atoms with van der Waals surface area (Å²) in [5, 5.41) is 0.521. The molecule has 0 spiro atoms. The molecule has 1 fully saturated rings. The predicted molar refractivity (Wildman–Crippen MR) is 65.1 cm³/mol. The number of hydrazine groups is 1. The van der Waals surface area contributed by atoms with Crippen LogP contribution in [0.4, 0.5) is 4.39 Å². The van der Waals surface area contributed by atoms with E-state index in [2.05, 4.69) is 5.43 Å². The number of benzene rings is 1. The fraction of sp³-hybridized carbons (Fsp3) is 0.500. The molecule has 2 atom stereocenters. The van der Waals surface area contributed by atoms with Gasteiger partial charge in [-0.3, -0.25) is 11.3 Å². The molecule has 1 saturated heterocycles. The third-order valence-corrected chi connectivity index (χ3v) is 3.40. The molecule has 5 heteroatoms. The second-order valence-corrected chi connectivity index (χ2v) is 4.66. The molecule has 1 aromatic carbocycles. The molecule has 0 aromatic heterocycles. The molecule has 1 heterocycles. The van der Waals surface area contributed by atoms with Crippen LogP contribution in [0.15, 0.2) is 18.2 Å². The first-order chi connectivity index (χ1) is 8.20. The summed E-state index contributed by atoms with van der Waals surface area (Å²) in [4.78, 5) is 0. The topological polar surface area (TPSA) is 47.3 Å². The lowest BCUT2D eigenvalue weighted by atomic mass is 9.99. The van der Waals surface area contributed by atoms with Crippen molar-refractivity contribution in [3.8, 4) is 0 Å². The quantitative estimate of drug-likeness (QED) is 0.645. The van der Waals surface area contributed by atoms with Crippen LogP contribution in [0.2, 0.25) is 5.02 Å². The molecule has 0 amide bonds. The molecule has 2 unspecified atom stereocenters. The number of hydrogen-bond acceptors (Lipinski definition) is 3. The molecule has 1 aliphatic heterocycles. The highest BCUT2D eigenvalue weighted by Gasteiger charge is 2.22. The van der Waals surface area contributed by atoms with Crippen LogP contribution in [0, 0.1) is 5.82 Å². The number of halogens is 2. The molecule has 0 aliphatic carbocycles. The van der Waals surface area contributed by atoms with Crippen LogP contribution in [0.5, 0.6) is 0 Å². The zero-order valence-corrected chi connectivity index (χ0v) is 10.2. The Labute approximate surface area is 105 Å². The zero-order chi connectivity index (χ0) is 12.3. The van der Waals surface area contributed by atoms with Crippen molar-refractivity contribution >= 4 is 11.6 Å². The maximum absolute atomic E-state index is 13.2. The molecule has 3 nitrogen and oxygen atoms in total. The summed E-state index contributed by atoms with van der Waals surface area (Å²) in [6.07, 6.45) is 2.97. The highest BCUT2D eigenvalue weighted by atomic mass is 35.5. The number of nitrogens with two attached hydrogens (primary N) is 1. The maximum Gasteiger partial charge on any atom is 0.123 e. The van der Waals surface area contributed by atoms with Crippen LogP contribution in [0.1, 0.15) is 30.9 Å². The van der Waals surface area contributed by atoms with Crippen molar-refractivity contribution in [3.63, 3.8) is 0 Å². The van der Waals surface area contributed by atoms with Crippen molar-refractivity contribution in [1.29, 1.82) is 0 Å². The molecule has 2 rings (SSSR count). The van der Waals surface area contributed by atoms with E-state index >= 15 is 0 Å². The Balaban J connectivity index is 2.13. The predicted octanol–water partition coefficient (Wildman–Crippen LogP) is 2.55. The standard InChI is InChI=1S/C12H16ClFN2O/c13-11-4-3-8(14)6-10(11)12(16-15)7-9-2-1-5-17-9/h3-4,6,9,12,16H,1-2,5,7,15H2. The third-order valence-electron chi connectivity index (χ3n) is 3.06. The van der Waals surface area contributed by atoms with E-state index in [4.69, 9.17) is 22.2 Å². The number of rotatable bonds is 4. The summed E-state index contributed by atoms with van der Waals surface area (Å²) in [5.74, 6) is 5.21. The molecule has 1 aliphatic rings. The van der Waals surface area contributed by atoms with Gasteiger partial charge in [0.15, 0.2) is 0 Å². The summed E-state index contributed by atoms with van der Waals surface area (Å²) in [5.41, 5.74) is 3.37. The van der Waals surface area contributed by atoms with Gasteiger partial charge in [-0.2, -0.15) is 0 Å².